The molecule has 0 radical (unpaired) electrons. The van der Waals surface area contributed by atoms with E-state index in [2.05, 4.69) is 4.74 Å². The van der Waals surface area contributed by atoms with Crippen LogP contribution in [0.5, 0.6) is 0 Å². The van der Waals surface area contributed by atoms with Gasteiger partial charge in [-0.15, -0.1) is 0 Å². The number of carbonyl (C=O) groups is 4. The summed E-state index contributed by atoms with van der Waals surface area (Å²) in [6.07, 6.45) is -0.440. The first kappa shape index (κ1) is 13.9. The standard InChI is InChI=1S/C13H12O8/c1-4(14)9-12(2,18)8-7(10(16)20-11(8)17)5-3-6(15)21-13(5,9)19/h8-9,18-19H,3H2,1-2H3/t8-,9+,12-,13+/m1/s1. The van der Waals surface area contributed by atoms with Gasteiger partial charge in [-0.05, 0) is 13.8 Å². The Kier molecular flexibility index (Phi) is 2.50. The Balaban J connectivity index is 2.34. The lowest BCUT2D eigenvalue weighted by atomic mass is 9.63. The van der Waals surface area contributed by atoms with E-state index in [9.17, 15) is 29.4 Å². The van der Waals surface area contributed by atoms with Gasteiger partial charge in [-0.25, -0.2) is 4.79 Å². The maximum Gasteiger partial charge on any atom is 0.342 e. The molecule has 21 heavy (non-hydrogen) atoms. The molecule has 0 unspecified atom stereocenters. The Morgan fingerprint density at radius 3 is 2.48 bits per heavy atom. The summed E-state index contributed by atoms with van der Waals surface area (Å²) in [5.74, 6) is -9.03. The number of ether oxygens (including phenoxy) is 2. The number of aliphatic hydroxyl groups is 2. The van der Waals surface area contributed by atoms with Crippen LogP contribution in [0, 0.1) is 11.8 Å². The number of carbonyl (C=O) groups excluding carboxylic acids is 4. The van der Waals surface area contributed by atoms with E-state index < -0.39 is 53.3 Å². The van der Waals surface area contributed by atoms with Crippen molar-refractivity contribution in [3.05, 3.63) is 11.1 Å². The second-order valence-corrected chi connectivity index (χ2v) is 5.65. The molecule has 0 bridgehead atoms. The highest BCUT2D eigenvalue weighted by Gasteiger charge is 2.70. The van der Waals surface area contributed by atoms with Crippen LogP contribution in [0.2, 0.25) is 0 Å². The Morgan fingerprint density at radius 1 is 1.29 bits per heavy atom. The predicted molar refractivity (Wildman–Crippen MR) is 62.1 cm³/mol. The van der Waals surface area contributed by atoms with Crippen molar-refractivity contribution in [3.63, 3.8) is 0 Å². The summed E-state index contributed by atoms with van der Waals surface area (Å²) in [5, 5.41) is 21.2. The number of Topliss-reactive ketones (excluding diaryl/α,β-unsaturated/α-hetero) is 1. The van der Waals surface area contributed by atoms with E-state index in [4.69, 9.17) is 4.74 Å². The number of esters is 3. The van der Waals surface area contributed by atoms with Gasteiger partial charge >= 0.3 is 17.9 Å². The van der Waals surface area contributed by atoms with E-state index in [1.54, 1.807) is 0 Å². The minimum absolute atomic E-state index is 0.180. The molecular formula is C13H12O8. The molecule has 0 aromatic rings. The summed E-state index contributed by atoms with van der Waals surface area (Å²) < 4.78 is 9.29. The summed E-state index contributed by atoms with van der Waals surface area (Å²) in [4.78, 5) is 47.0. The third-order valence-corrected chi connectivity index (χ3v) is 4.25. The van der Waals surface area contributed by atoms with Crippen molar-refractivity contribution >= 4 is 23.7 Å². The van der Waals surface area contributed by atoms with Crippen LogP contribution in [-0.4, -0.2) is 45.3 Å². The zero-order valence-corrected chi connectivity index (χ0v) is 11.2. The molecule has 2 heterocycles. The number of rotatable bonds is 1. The largest absolute Gasteiger partial charge is 0.428 e. The Bertz CT molecular complexity index is 643. The molecule has 2 fully saturated rings. The van der Waals surface area contributed by atoms with Gasteiger partial charge in [0, 0.05) is 5.57 Å². The highest BCUT2D eigenvalue weighted by Crippen LogP contribution is 2.54. The highest BCUT2D eigenvalue weighted by molar-refractivity contribution is 6.10. The maximum absolute atomic E-state index is 11.9. The molecule has 0 aromatic heterocycles. The summed E-state index contributed by atoms with van der Waals surface area (Å²) in [6.45, 7) is 2.22. The molecule has 0 saturated carbocycles. The van der Waals surface area contributed by atoms with Gasteiger partial charge in [0.25, 0.3) is 0 Å². The molecule has 2 saturated heterocycles. The predicted octanol–water partition coefficient (Wildman–Crippen LogP) is -1.41. The Labute approximate surface area is 118 Å². The van der Waals surface area contributed by atoms with Gasteiger partial charge in [-0.2, -0.15) is 0 Å². The van der Waals surface area contributed by atoms with Crippen LogP contribution in [-0.2, 0) is 28.7 Å². The van der Waals surface area contributed by atoms with Crippen LogP contribution in [0.25, 0.3) is 0 Å². The number of ketones is 1. The van der Waals surface area contributed by atoms with Crippen molar-refractivity contribution in [3.8, 4) is 0 Å². The molecule has 3 aliphatic rings. The van der Waals surface area contributed by atoms with E-state index in [1.807, 2.05) is 0 Å². The molecule has 2 N–H and O–H groups in total. The van der Waals surface area contributed by atoms with Gasteiger partial charge in [0.05, 0.1) is 17.6 Å². The van der Waals surface area contributed by atoms with E-state index in [1.165, 1.54) is 0 Å². The van der Waals surface area contributed by atoms with Gasteiger partial charge < -0.3 is 19.7 Å². The average molecular weight is 296 g/mol. The van der Waals surface area contributed by atoms with Gasteiger partial charge in [-0.1, -0.05) is 0 Å². The zero-order chi connectivity index (χ0) is 15.7. The monoisotopic (exact) mass is 296 g/mol. The van der Waals surface area contributed by atoms with Crippen LogP contribution in [0.4, 0.5) is 0 Å². The summed E-state index contributed by atoms with van der Waals surface area (Å²) in [7, 11) is 0. The van der Waals surface area contributed by atoms with Gasteiger partial charge in [0.2, 0.25) is 5.79 Å². The van der Waals surface area contributed by atoms with Gasteiger partial charge in [0.15, 0.2) is 0 Å². The van der Waals surface area contributed by atoms with Crippen molar-refractivity contribution in [2.75, 3.05) is 0 Å². The van der Waals surface area contributed by atoms with Crippen molar-refractivity contribution in [2.24, 2.45) is 11.8 Å². The van der Waals surface area contributed by atoms with E-state index in [-0.39, 0.29) is 11.1 Å². The number of cyclic esters (lactones) is 2. The molecule has 0 aromatic carbocycles. The molecule has 0 spiro atoms. The molecule has 3 rings (SSSR count). The summed E-state index contributed by atoms with van der Waals surface area (Å²) in [6, 6.07) is 0. The highest BCUT2D eigenvalue weighted by atomic mass is 16.7. The van der Waals surface area contributed by atoms with Gasteiger partial charge in [0.1, 0.15) is 17.6 Å². The van der Waals surface area contributed by atoms with Crippen LogP contribution < -0.4 is 0 Å². The van der Waals surface area contributed by atoms with Crippen molar-refractivity contribution in [1.29, 1.82) is 0 Å². The molecule has 4 atom stereocenters. The summed E-state index contributed by atoms with van der Waals surface area (Å²) in [5.41, 5.74) is -2.59. The lowest BCUT2D eigenvalue weighted by Gasteiger charge is -2.45. The molecule has 1 aliphatic carbocycles. The molecule has 112 valence electrons. The first-order valence-corrected chi connectivity index (χ1v) is 6.27. The lowest BCUT2D eigenvalue weighted by Crippen LogP contribution is -2.62. The smallest absolute Gasteiger partial charge is 0.342 e. The zero-order valence-electron chi connectivity index (χ0n) is 11.2. The molecule has 8 nitrogen and oxygen atoms in total. The van der Waals surface area contributed by atoms with E-state index in [0.717, 1.165) is 13.8 Å². The first-order valence-electron chi connectivity index (χ1n) is 6.27. The molecule has 0 amide bonds. The fourth-order valence-corrected chi connectivity index (χ4v) is 3.58. The number of hydrogen-bond acceptors (Lipinski definition) is 8. The Morgan fingerprint density at radius 2 is 1.90 bits per heavy atom. The maximum atomic E-state index is 11.9. The van der Waals surface area contributed by atoms with Crippen molar-refractivity contribution < 1.29 is 38.9 Å². The fourth-order valence-electron chi connectivity index (χ4n) is 3.58. The van der Waals surface area contributed by atoms with Crippen LogP contribution in [0.15, 0.2) is 11.1 Å². The second kappa shape index (κ2) is 3.77. The number of fused-ring (bicyclic) bond motifs is 2. The normalized spacial score (nSPS) is 41.6. The molecule has 8 heteroatoms. The number of hydrogen-bond donors (Lipinski definition) is 2. The average Bonchev–Trinajstić information content (AvgIpc) is 2.74. The first-order chi connectivity index (χ1) is 9.60. The van der Waals surface area contributed by atoms with E-state index >= 15 is 0 Å². The van der Waals surface area contributed by atoms with Crippen LogP contribution >= 0.6 is 0 Å². The van der Waals surface area contributed by atoms with E-state index in [0.29, 0.717) is 0 Å². The summed E-state index contributed by atoms with van der Waals surface area (Å²) >= 11 is 0. The van der Waals surface area contributed by atoms with Crippen molar-refractivity contribution in [1.82, 2.24) is 0 Å². The van der Waals surface area contributed by atoms with Crippen molar-refractivity contribution in [2.45, 2.75) is 31.7 Å². The van der Waals surface area contributed by atoms with Gasteiger partial charge in [-0.3, -0.25) is 14.4 Å². The lowest BCUT2D eigenvalue weighted by molar-refractivity contribution is -0.230. The quantitative estimate of drug-likeness (QED) is 0.446. The molecule has 2 aliphatic heterocycles. The third-order valence-electron chi connectivity index (χ3n) is 4.25. The second-order valence-electron chi connectivity index (χ2n) is 5.65. The Hall–Kier alpha value is -2.06. The fraction of sp³-hybridized carbons (Fsp3) is 0.538. The molecular weight excluding hydrogens is 284 g/mol. The SMILES string of the molecule is CC(=O)[C@H]1[C@](C)(O)[C@H]2C(=O)OC(=O)C2=C2CC(=O)O[C@@]21O. The minimum Gasteiger partial charge on any atom is -0.428 e. The minimum atomic E-state index is -2.43. The topological polar surface area (TPSA) is 127 Å². The third kappa shape index (κ3) is 1.51. The van der Waals surface area contributed by atoms with Crippen LogP contribution in [0.3, 0.4) is 0 Å². The van der Waals surface area contributed by atoms with Crippen LogP contribution in [0.1, 0.15) is 20.3 Å².